The smallest absolute Gasteiger partial charge is 0.328 e. The first-order valence-electron chi connectivity index (χ1n) is 6.77. The van der Waals surface area contributed by atoms with E-state index in [0.29, 0.717) is 13.2 Å². The molecule has 0 aromatic rings. The number of methoxy groups -OCH3 is 1. The van der Waals surface area contributed by atoms with Crippen LogP contribution in [0, 0.1) is 5.92 Å². The van der Waals surface area contributed by atoms with E-state index >= 15 is 0 Å². The zero-order valence-corrected chi connectivity index (χ0v) is 11.2. The molecule has 19 heavy (non-hydrogen) atoms. The number of ether oxygens (including phenoxy) is 2. The molecule has 0 radical (unpaired) electrons. The highest BCUT2D eigenvalue weighted by Gasteiger charge is 2.37. The topological polar surface area (TPSA) is 76.1 Å². The second-order valence-corrected chi connectivity index (χ2v) is 5.17. The molecule has 1 N–H and O–H groups in total. The van der Waals surface area contributed by atoms with Crippen molar-refractivity contribution in [2.45, 2.75) is 37.8 Å². The normalized spacial score (nSPS) is 32.1. The standard InChI is InChI=1S/C13H21NO5/c1-18-10-4-2-9(3-5-10)12(15)14-6-7-19-8-11(14)13(16)17/h9-11H,2-8H2,1H3,(H,16,17). The molecule has 2 aliphatic rings. The maximum absolute atomic E-state index is 12.4. The van der Waals surface area contributed by atoms with E-state index in [0.717, 1.165) is 25.7 Å². The quantitative estimate of drug-likeness (QED) is 0.809. The van der Waals surface area contributed by atoms with Gasteiger partial charge in [0.2, 0.25) is 5.91 Å². The number of morpholine rings is 1. The third kappa shape index (κ3) is 3.25. The van der Waals surface area contributed by atoms with Crippen LogP contribution in [0.3, 0.4) is 0 Å². The van der Waals surface area contributed by atoms with Crippen LogP contribution < -0.4 is 0 Å². The van der Waals surface area contributed by atoms with Crippen LogP contribution in [-0.4, -0.2) is 60.9 Å². The summed E-state index contributed by atoms with van der Waals surface area (Å²) in [4.78, 5) is 25.1. The number of carboxylic acids is 1. The van der Waals surface area contributed by atoms with Gasteiger partial charge in [-0.15, -0.1) is 0 Å². The third-order valence-electron chi connectivity index (χ3n) is 4.05. The van der Waals surface area contributed by atoms with E-state index in [4.69, 9.17) is 14.6 Å². The molecule has 108 valence electrons. The first kappa shape index (κ1) is 14.3. The first-order chi connectivity index (χ1) is 9.13. The van der Waals surface area contributed by atoms with Gasteiger partial charge < -0.3 is 19.5 Å². The minimum absolute atomic E-state index is 0.0368. The average molecular weight is 271 g/mol. The fourth-order valence-electron chi connectivity index (χ4n) is 2.85. The average Bonchev–Trinajstić information content (AvgIpc) is 2.46. The van der Waals surface area contributed by atoms with Gasteiger partial charge in [0.15, 0.2) is 6.04 Å². The number of carboxylic acid groups (broad SMARTS) is 1. The van der Waals surface area contributed by atoms with E-state index in [1.807, 2.05) is 0 Å². The van der Waals surface area contributed by atoms with Crippen molar-refractivity contribution in [3.63, 3.8) is 0 Å². The number of hydrogen-bond donors (Lipinski definition) is 1. The van der Waals surface area contributed by atoms with Crippen LogP contribution in [0.1, 0.15) is 25.7 Å². The monoisotopic (exact) mass is 271 g/mol. The van der Waals surface area contributed by atoms with Crippen molar-refractivity contribution in [2.24, 2.45) is 5.92 Å². The molecule has 1 aliphatic heterocycles. The molecule has 6 heteroatoms. The number of carbonyl (C=O) groups excluding carboxylic acids is 1. The van der Waals surface area contributed by atoms with Gasteiger partial charge in [0.25, 0.3) is 0 Å². The lowest BCUT2D eigenvalue weighted by Gasteiger charge is -2.37. The SMILES string of the molecule is COC1CCC(C(=O)N2CCOCC2C(=O)O)CC1. The Labute approximate surface area is 112 Å². The zero-order valence-electron chi connectivity index (χ0n) is 11.2. The number of amides is 1. The van der Waals surface area contributed by atoms with Crippen LogP contribution >= 0.6 is 0 Å². The van der Waals surface area contributed by atoms with Crippen molar-refractivity contribution in [1.82, 2.24) is 4.90 Å². The van der Waals surface area contributed by atoms with Crippen molar-refractivity contribution in [1.29, 1.82) is 0 Å². The largest absolute Gasteiger partial charge is 0.480 e. The first-order valence-corrected chi connectivity index (χ1v) is 6.77. The minimum Gasteiger partial charge on any atom is -0.480 e. The van der Waals surface area contributed by atoms with Crippen molar-refractivity contribution in [2.75, 3.05) is 26.9 Å². The van der Waals surface area contributed by atoms with E-state index in [-0.39, 0.29) is 24.5 Å². The van der Waals surface area contributed by atoms with Crippen molar-refractivity contribution in [3.05, 3.63) is 0 Å². The molecule has 6 nitrogen and oxygen atoms in total. The molecular weight excluding hydrogens is 250 g/mol. The molecule has 1 amide bonds. The molecule has 1 unspecified atom stereocenters. The molecule has 2 fully saturated rings. The summed E-state index contributed by atoms with van der Waals surface area (Å²) in [5.41, 5.74) is 0. The van der Waals surface area contributed by atoms with Gasteiger partial charge in [0, 0.05) is 19.6 Å². The summed E-state index contributed by atoms with van der Waals surface area (Å²) in [6.07, 6.45) is 3.54. The summed E-state index contributed by atoms with van der Waals surface area (Å²) in [5.74, 6) is -1.09. The molecule has 0 aromatic carbocycles. The van der Waals surface area contributed by atoms with Gasteiger partial charge in [-0.3, -0.25) is 4.79 Å². The van der Waals surface area contributed by atoms with Crippen LogP contribution in [0.2, 0.25) is 0 Å². The molecule has 1 heterocycles. The molecule has 1 aliphatic carbocycles. The van der Waals surface area contributed by atoms with Crippen molar-refractivity contribution < 1.29 is 24.2 Å². The van der Waals surface area contributed by atoms with Gasteiger partial charge in [0.1, 0.15) is 0 Å². The molecule has 1 saturated carbocycles. The van der Waals surface area contributed by atoms with Crippen LogP contribution in [0.5, 0.6) is 0 Å². The highest BCUT2D eigenvalue weighted by Crippen LogP contribution is 2.28. The molecule has 0 spiro atoms. The lowest BCUT2D eigenvalue weighted by Crippen LogP contribution is -2.54. The number of aliphatic carboxylic acids is 1. The maximum Gasteiger partial charge on any atom is 0.328 e. The maximum atomic E-state index is 12.4. The Bertz CT molecular complexity index is 338. The van der Waals surface area contributed by atoms with E-state index in [9.17, 15) is 9.59 Å². The molecular formula is C13H21NO5. The van der Waals surface area contributed by atoms with Gasteiger partial charge in [-0.05, 0) is 25.7 Å². The fourth-order valence-corrected chi connectivity index (χ4v) is 2.85. The molecule has 0 aromatic heterocycles. The lowest BCUT2D eigenvalue weighted by molar-refractivity contribution is -0.161. The number of hydrogen-bond acceptors (Lipinski definition) is 4. The Morgan fingerprint density at radius 3 is 2.53 bits per heavy atom. The summed E-state index contributed by atoms with van der Waals surface area (Å²) in [6.45, 7) is 0.886. The van der Waals surface area contributed by atoms with Crippen molar-refractivity contribution >= 4 is 11.9 Å². The van der Waals surface area contributed by atoms with Crippen LogP contribution in [0.25, 0.3) is 0 Å². The van der Waals surface area contributed by atoms with Gasteiger partial charge in [0.05, 0.1) is 19.3 Å². The summed E-state index contributed by atoms with van der Waals surface area (Å²) < 4.78 is 10.4. The lowest BCUT2D eigenvalue weighted by atomic mass is 9.86. The summed E-state index contributed by atoms with van der Waals surface area (Å²) in [6, 6.07) is -0.832. The van der Waals surface area contributed by atoms with Gasteiger partial charge in [-0.2, -0.15) is 0 Å². The Kier molecular flexibility index (Phi) is 4.76. The number of rotatable bonds is 3. The Balaban J connectivity index is 1.96. The Hall–Kier alpha value is -1.14. The number of nitrogens with zero attached hydrogens (tertiary/aromatic N) is 1. The van der Waals surface area contributed by atoms with Gasteiger partial charge in [-0.25, -0.2) is 4.79 Å². The van der Waals surface area contributed by atoms with Crippen LogP contribution in [-0.2, 0) is 19.1 Å². The van der Waals surface area contributed by atoms with Gasteiger partial charge in [-0.1, -0.05) is 0 Å². The molecule has 1 atom stereocenters. The van der Waals surface area contributed by atoms with E-state index in [2.05, 4.69) is 0 Å². The second kappa shape index (κ2) is 6.34. The van der Waals surface area contributed by atoms with E-state index in [1.165, 1.54) is 4.90 Å². The summed E-state index contributed by atoms with van der Waals surface area (Å²) >= 11 is 0. The van der Waals surface area contributed by atoms with Crippen molar-refractivity contribution in [3.8, 4) is 0 Å². The molecule has 1 saturated heterocycles. The third-order valence-corrected chi connectivity index (χ3v) is 4.05. The van der Waals surface area contributed by atoms with Gasteiger partial charge >= 0.3 is 5.97 Å². The summed E-state index contributed by atoms with van der Waals surface area (Å²) in [5, 5.41) is 9.14. The summed E-state index contributed by atoms with van der Waals surface area (Å²) in [7, 11) is 1.69. The zero-order chi connectivity index (χ0) is 13.8. The Morgan fingerprint density at radius 2 is 1.95 bits per heavy atom. The van der Waals surface area contributed by atoms with Crippen LogP contribution in [0.4, 0.5) is 0 Å². The predicted octanol–water partition coefficient (Wildman–Crippen LogP) is 0.504. The number of carbonyl (C=O) groups is 2. The second-order valence-electron chi connectivity index (χ2n) is 5.17. The highest BCUT2D eigenvalue weighted by molar-refractivity contribution is 5.85. The molecule has 2 rings (SSSR count). The Morgan fingerprint density at radius 1 is 1.26 bits per heavy atom. The minimum atomic E-state index is -0.987. The fraction of sp³-hybridized carbons (Fsp3) is 0.846. The predicted molar refractivity (Wildman–Crippen MR) is 66.7 cm³/mol. The van der Waals surface area contributed by atoms with Crippen LogP contribution in [0.15, 0.2) is 0 Å². The van der Waals surface area contributed by atoms with E-state index < -0.39 is 12.0 Å². The highest BCUT2D eigenvalue weighted by atomic mass is 16.5. The van der Waals surface area contributed by atoms with E-state index in [1.54, 1.807) is 7.11 Å². The molecule has 0 bridgehead atoms.